The number of aromatic nitrogens is 3. The Kier molecular flexibility index (Phi) is 3.88. The maximum absolute atomic E-state index is 11.4. The average molecular weight is 301 g/mol. The van der Waals surface area contributed by atoms with Crippen molar-refractivity contribution in [3.8, 4) is 0 Å². The van der Waals surface area contributed by atoms with Gasteiger partial charge < -0.3 is 5.11 Å². The van der Waals surface area contributed by atoms with Crippen LogP contribution >= 0.6 is 11.8 Å². The number of hydrogen-bond acceptors (Lipinski definition) is 5. The number of rotatable bonds is 5. The molecule has 2 heterocycles. The fourth-order valence-corrected chi connectivity index (χ4v) is 3.06. The third-order valence-corrected chi connectivity index (χ3v) is 4.32. The van der Waals surface area contributed by atoms with Crippen LogP contribution < -0.4 is 0 Å². The second kappa shape index (κ2) is 5.81. The zero-order chi connectivity index (χ0) is 14.8. The van der Waals surface area contributed by atoms with E-state index < -0.39 is 5.97 Å². The van der Waals surface area contributed by atoms with Crippen molar-refractivity contribution in [1.29, 1.82) is 0 Å². The summed E-state index contributed by atoms with van der Waals surface area (Å²) in [6, 6.07) is 5.70. The van der Waals surface area contributed by atoms with E-state index in [9.17, 15) is 9.90 Å². The van der Waals surface area contributed by atoms with Gasteiger partial charge in [-0.05, 0) is 31.9 Å². The van der Waals surface area contributed by atoms with Gasteiger partial charge in [-0.25, -0.2) is 14.8 Å². The first-order valence-electron chi connectivity index (χ1n) is 6.79. The maximum atomic E-state index is 11.4. The number of carboxylic acid groups (broad SMARTS) is 1. The Hall–Kier alpha value is -1.95. The summed E-state index contributed by atoms with van der Waals surface area (Å²) in [5, 5.41) is 9.92. The van der Waals surface area contributed by atoms with Crippen LogP contribution in [0, 0.1) is 6.92 Å². The summed E-state index contributed by atoms with van der Waals surface area (Å²) in [5.41, 5.74) is 1.66. The summed E-state index contributed by atoms with van der Waals surface area (Å²) >= 11 is 1.41. The van der Waals surface area contributed by atoms with E-state index in [-0.39, 0.29) is 5.56 Å². The minimum atomic E-state index is -0.974. The van der Waals surface area contributed by atoms with Crippen molar-refractivity contribution in [2.24, 2.45) is 0 Å². The minimum Gasteiger partial charge on any atom is -0.478 e. The Labute approximate surface area is 126 Å². The molecule has 0 amide bonds. The van der Waals surface area contributed by atoms with Crippen LogP contribution in [-0.4, -0.2) is 26.0 Å². The van der Waals surface area contributed by atoms with E-state index in [1.807, 2.05) is 18.2 Å². The molecule has 0 radical (unpaired) electrons. The molecule has 108 valence electrons. The number of thioether (sulfide) groups is 1. The van der Waals surface area contributed by atoms with Gasteiger partial charge in [-0.3, -0.25) is 4.98 Å². The largest absolute Gasteiger partial charge is 0.478 e. The van der Waals surface area contributed by atoms with Crippen LogP contribution in [0.5, 0.6) is 0 Å². The van der Waals surface area contributed by atoms with Crippen LogP contribution in [0.25, 0.3) is 0 Å². The molecule has 0 bridgehead atoms. The molecule has 0 unspecified atom stereocenters. The number of carbonyl (C=O) groups is 1. The Morgan fingerprint density at radius 3 is 2.81 bits per heavy atom. The molecule has 5 nitrogen and oxygen atoms in total. The van der Waals surface area contributed by atoms with Crippen molar-refractivity contribution in [3.63, 3.8) is 0 Å². The predicted molar refractivity (Wildman–Crippen MR) is 79.5 cm³/mol. The number of pyridine rings is 1. The monoisotopic (exact) mass is 301 g/mol. The number of nitrogens with zero attached hydrogens (tertiary/aromatic N) is 3. The second-order valence-corrected chi connectivity index (χ2v) is 6.00. The number of aryl methyl sites for hydroxylation is 1. The predicted octanol–water partition coefficient (Wildman–Crippen LogP) is 3.05. The van der Waals surface area contributed by atoms with Gasteiger partial charge in [0, 0.05) is 17.9 Å². The number of hydrogen-bond donors (Lipinski definition) is 1. The van der Waals surface area contributed by atoms with Crippen molar-refractivity contribution in [3.05, 3.63) is 47.2 Å². The lowest BCUT2D eigenvalue weighted by atomic mass is 10.2. The zero-order valence-corrected chi connectivity index (χ0v) is 12.4. The van der Waals surface area contributed by atoms with Crippen molar-refractivity contribution in [2.75, 3.05) is 0 Å². The highest BCUT2D eigenvalue weighted by Crippen LogP contribution is 2.39. The van der Waals surface area contributed by atoms with Gasteiger partial charge in [0.25, 0.3) is 0 Å². The normalized spacial score (nSPS) is 14.1. The molecule has 1 fully saturated rings. The van der Waals surface area contributed by atoms with Gasteiger partial charge in [-0.15, -0.1) is 0 Å². The standard InChI is InChI=1S/C15H15N3O2S/c1-9-12(15(19)20)14(18-13(17-9)10-5-6-10)21-8-11-4-2-3-7-16-11/h2-4,7,10H,5-6,8H2,1H3,(H,19,20). The highest BCUT2D eigenvalue weighted by atomic mass is 32.2. The lowest BCUT2D eigenvalue weighted by molar-refractivity contribution is 0.0690. The molecule has 2 aromatic heterocycles. The van der Waals surface area contributed by atoms with Gasteiger partial charge in [0.2, 0.25) is 0 Å². The SMILES string of the molecule is Cc1nc(C2CC2)nc(SCc2ccccn2)c1C(=O)O. The van der Waals surface area contributed by atoms with Crippen LogP contribution in [-0.2, 0) is 5.75 Å². The molecule has 0 spiro atoms. The molecule has 1 aliphatic rings. The van der Waals surface area contributed by atoms with E-state index in [1.54, 1.807) is 13.1 Å². The molecule has 1 N–H and O–H groups in total. The molecule has 6 heteroatoms. The van der Waals surface area contributed by atoms with Crippen LogP contribution in [0.2, 0.25) is 0 Å². The first kappa shape index (κ1) is 14.0. The summed E-state index contributed by atoms with van der Waals surface area (Å²) in [6.07, 6.45) is 3.92. The lowest BCUT2D eigenvalue weighted by Gasteiger charge is -2.09. The highest BCUT2D eigenvalue weighted by Gasteiger charge is 2.29. The molecule has 0 atom stereocenters. The third kappa shape index (κ3) is 3.21. The first-order valence-corrected chi connectivity index (χ1v) is 7.78. The van der Waals surface area contributed by atoms with Crippen molar-refractivity contribution in [2.45, 2.75) is 36.5 Å². The fourth-order valence-electron chi connectivity index (χ4n) is 2.07. The van der Waals surface area contributed by atoms with E-state index in [2.05, 4.69) is 15.0 Å². The van der Waals surface area contributed by atoms with E-state index in [1.165, 1.54) is 11.8 Å². The first-order chi connectivity index (χ1) is 10.1. The van der Waals surface area contributed by atoms with Gasteiger partial charge in [-0.1, -0.05) is 17.8 Å². The van der Waals surface area contributed by atoms with Crippen LogP contribution in [0.15, 0.2) is 29.4 Å². The highest BCUT2D eigenvalue weighted by molar-refractivity contribution is 7.98. The van der Waals surface area contributed by atoms with Crippen LogP contribution in [0.3, 0.4) is 0 Å². The van der Waals surface area contributed by atoms with E-state index in [4.69, 9.17) is 0 Å². The summed E-state index contributed by atoms with van der Waals surface area (Å²) in [5.74, 6) is 0.807. The zero-order valence-electron chi connectivity index (χ0n) is 11.6. The van der Waals surface area contributed by atoms with Gasteiger partial charge >= 0.3 is 5.97 Å². The number of aromatic carboxylic acids is 1. The topological polar surface area (TPSA) is 76.0 Å². The average Bonchev–Trinajstić information content (AvgIpc) is 3.29. The lowest BCUT2D eigenvalue weighted by Crippen LogP contribution is -2.09. The molecule has 1 aliphatic carbocycles. The van der Waals surface area contributed by atoms with Gasteiger partial charge in [0.05, 0.1) is 11.4 Å². The molecule has 3 rings (SSSR count). The minimum absolute atomic E-state index is 0.209. The van der Waals surface area contributed by atoms with Crippen molar-refractivity contribution >= 4 is 17.7 Å². The van der Waals surface area contributed by atoms with E-state index in [0.717, 1.165) is 24.4 Å². The molecule has 1 saturated carbocycles. The quantitative estimate of drug-likeness (QED) is 0.675. The summed E-state index contributed by atoms with van der Waals surface area (Å²) < 4.78 is 0. The molecular weight excluding hydrogens is 286 g/mol. The van der Waals surface area contributed by atoms with E-state index in [0.29, 0.717) is 22.4 Å². The van der Waals surface area contributed by atoms with Gasteiger partial charge in [0.15, 0.2) is 0 Å². The summed E-state index contributed by atoms with van der Waals surface area (Å²) in [4.78, 5) is 24.5. The van der Waals surface area contributed by atoms with Crippen LogP contribution in [0.4, 0.5) is 0 Å². The summed E-state index contributed by atoms with van der Waals surface area (Å²) in [6.45, 7) is 1.74. The maximum Gasteiger partial charge on any atom is 0.340 e. The smallest absolute Gasteiger partial charge is 0.340 e. The van der Waals surface area contributed by atoms with Gasteiger partial charge in [-0.2, -0.15) is 0 Å². The van der Waals surface area contributed by atoms with Crippen molar-refractivity contribution < 1.29 is 9.90 Å². The Morgan fingerprint density at radius 2 is 2.19 bits per heavy atom. The molecule has 2 aromatic rings. The molecule has 0 aromatic carbocycles. The Balaban J connectivity index is 1.89. The third-order valence-electron chi connectivity index (χ3n) is 3.31. The van der Waals surface area contributed by atoms with Crippen molar-refractivity contribution in [1.82, 2.24) is 15.0 Å². The molecule has 21 heavy (non-hydrogen) atoms. The fraction of sp³-hybridized carbons (Fsp3) is 0.333. The van der Waals surface area contributed by atoms with E-state index >= 15 is 0 Å². The molecular formula is C15H15N3O2S. The van der Waals surface area contributed by atoms with Gasteiger partial charge in [0.1, 0.15) is 16.4 Å². The molecule has 0 saturated heterocycles. The van der Waals surface area contributed by atoms with Crippen LogP contribution in [0.1, 0.15) is 46.3 Å². The second-order valence-electron chi connectivity index (χ2n) is 5.04. The molecule has 0 aliphatic heterocycles. The summed E-state index contributed by atoms with van der Waals surface area (Å²) in [7, 11) is 0. The Morgan fingerprint density at radius 1 is 1.38 bits per heavy atom. The Bertz CT molecular complexity index is 672. The number of carboxylic acids is 1.